The van der Waals surface area contributed by atoms with Crippen LogP contribution in [-0.4, -0.2) is 61.4 Å². The predicted molar refractivity (Wildman–Crippen MR) is 100 cm³/mol. The number of carbonyl (C=O) groups excluding carboxylic acids is 1. The highest BCUT2D eigenvalue weighted by atomic mass is 16.2. The summed E-state index contributed by atoms with van der Waals surface area (Å²) in [5, 5.41) is 11.5. The highest BCUT2D eigenvalue weighted by molar-refractivity contribution is 5.89. The molecule has 1 N–H and O–H groups in total. The molecule has 1 fully saturated rings. The third-order valence-electron chi connectivity index (χ3n) is 4.25. The molecule has 2 heterocycles. The maximum absolute atomic E-state index is 12.4. The molecule has 1 aromatic carbocycles. The fraction of sp³-hybridized carbons (Fsp3) is 0.389. The zero-order valence-corrected chi connectivity index (χ0v) is 14.9. The van der Waals surface area contributed by atoms with Crippen LogP contribution >= 0.6 is 0 Å². The zero-order valence-electron chi connectivity index (χ0n) is 14.9. The Morgan fingerprint density at radius 1 is 1.08 bits per heavy atom. The third-order valence-corrected chi connectivity index (χ3v) is 4.25. The molecular weight excluding hydrogens is 316 g/mol. The average molecular weight is 340 g/mol. The lowest BCUT2D eigenvalue weighted by atomic mass is 10.2. The number of rotatable bonds is 3. The Labute approximate surface area is 148 Å². The van der Waals surface area contributed by atoms with Crippen LogP contribution in [0.2, 0.25) is 0 Å². The Morgan fingerprint density at radius 2 is 1.84 bits per heavy atom. The molecule has 1 saturated heterocycles. The lowest BCUT2D eigenvalue weighted by molar-refractivity contribution is 0.208. The Bertz CT molecular complexity index is 723. The number of aromatic nitrogens is 2. The number of benzene rings is 1. The topological polar surface area (TPSA) is 64.6 Å². The van der Waals surface area contributed by atoms with Crippen molar-refractivity contribution in [3.63, 3.8) is 0 Å². The molecule has 0 atom stereocenters. The first-order chi connectivity index (χ1) is 12.0. The van der Waals surface area contributed by atoms with Crippen LogP contribution in [0.25, 0.3) is 0 Å². The number of hydrogen-bond donors (Lipinski definition) is 1. The lowest BCUT2D eigenvalue weighted by Gasteiger charge is -2.35. The number of nitrogens with zero attached hydrogens (tertiary/aromatic N) is 5. The highest BCUT2D eigenvalue weighted by Gasteiger charge is 2.22. The average Bonchev–Trinajstić information content (AvgIpc) is 2.62. The summed E-state index contributed by atoms with van der Waals surface area (Å²) in [5.74, 6) is 1.68. The van der Waals surface area contributed by atoms with Crippen molar-refractivity contribution >= 4 is 23.4 Å². The number of urea groups is 1. The smallest absolute Gasteiger partial charge is 0.321 e. The molecule has 1 aliphatic rings. The fourth-order valence-electron chi connectivity index (χ4n) is 2.79. The molecule has 2 amide bonds. The summed E-state index contributed by atoms with van der Waals surface area (Å²) in [7, 11) is 3.88. The number of carbonyl (C=O) groups is 1. The summed E-state index contributed by atoms with van der Waals surface area (Å²) in [6.07, 6.45) is 0. The molecule has 0 spiro atoms. The van der Waals surface area contributed by atoms with Gasteiger partial charge in [0.2, 0.25) is 0 Å². The number of piperazine rings is 1. The van der Waals surface area contributed by atoms with Gasteiger partial charge in [-0.3, -0.25) is 0 Å². The van der Waals surface area contributed by atoms with Crippen LogP contribution in [0.5, 0.6) is 0 Å². The first kappa shape index (κ1) is 17.0. The number of amides is 2. The van der Waals surface area contributed by atoms with Gasteiger partial charge in [0.25, 0.3) is 0 Å². The van der Waals surface area contributed by atoms with E-state index in [1.807, 2.05) is 67.2 Å². The summed E-state index contributed by atoms with van der Waals surface area (Å²) in [6, 6.07) is 11.7. The second kappa shape index (κ2) is 7.38. The van der Waals surface area contributed by atoms with Crippen LogP contribution in [-0.2, 0) is 0 Å². The Kier molecular flexibility index (Phi) is 5.02. The van der Waals surface area contributed by atoms with Crippen molar-refractivity contribution in [1.82, 2.24) is 15.1 Å². The summed E-state index contributed by atoms with van der Waals surface area (Å²) in [6.45, 7) is 4.83. The van der Waals surface area contributed by atoms with Crippen molar-refractivity contribution in [2.24, 2.45) is 0 Å². The molecular formula is C18H24N6O. The van der Waals surface area contributed by atoms with E-state index in [2.05, 4.69) is 20.4 Å². The molecule has 0 bridgehead atoms. The quantitative estimate of drug-likeness (QED) is 0.928. The third kappa shape index (κ3) is 4.17. The minimum atomic E-state index is -0.0562. The van der Waals surface area contributed by atoms with E-state index in [0.29, 0.717) is 13.1 Å². The van der Waals surface area contributed by atoms with Crippen LogP contribution in [0.15, 0.2) is 36.4 Å². The van der Waals surface area contributed by atoms with Gasteiger partial charge in [0.05, 0.1) is 0 Å². The van der Waals surface area contributed by atoms with Gasteiger partial charge in [-0.25, -0.2) is 4.79 Å². The van der Waals surface area contributed by atoms with E-state index in [1.165, 1.54) is 0 Å². The molecule has 25 heavy (non-hydrogen) atoms. The molecule has 0 unspecified atom stereocenters. The molecule has 1 aromatic heterocycles. The first-order valence-corrected chi connectivity index (χ1v) is 8.41. The summed E-state index contributed by atoms with van der Waals surface area (Å²) < 4.78 is 0. The van der Waals surface area contributed by atoms with Gasteiger partial charge >= 0.3 is 6.03 Å². The molecule has 1 aliphatic heterocycles. The number of anilines is 3. The van der Waals surface area contributed by atoms with E-state index >= 15 is 0 Å². The summed E-state index contributed by atoms with van der Waals surface area (Å²) >= 11 is 0. The largest absolute Gasteiger partial charge is 0.361 e. The van der Waals surface area contributed by atoms with E-state index in [0.717, 1.165) is 36.0 Å². The molecule has 7 nitrogen and oxygen atoms in total. The van der Waals surface area contributed by atoms with Crippen LogP contribution in [0.4, 0.5) is 22.1 Å². The van der Waals surface area contributed by atoms with E-state index in [1.54, 1.807) is 0 Å². The molecule has 2 aromatic rings. The summed E-state index contributed by atoms with van der Waals surface area (Å²) in [5.41, 5.74) is 1.96. The maximum Gasteiger partial charge on any atom is 0.321 e. The van der Waals surface area contributed by atoms with Crippen molar-refractivity contribution < 1.29 is 4.79 Å². The molecule has 0 saturated carbocycles. The fourth-order valence-corrected chi connectivity index (χ4v) is 2.79. The Hall–Kier alpha value is -2.83. The van der Waals surface area contributed by atoms with Gasteiger partial charge in [-0.1, -0.05) is 12.1 Å². The van der Waals surface area contributed by atoms with E-state index in [-0.39, 0.29) is 6.03 Å². The van der Waals surface area contributed by atoms with Crippen molar-refractivity contribution in [2.45, 2.75) is 6.92 Å². The molecule has 3 rings (SSSR count). The first-order valence-electron chi connectivity index (χ1n) is 8.41. The second-order valence-corrected chi connectivity index (χ2v) is 6.42. The second-order valence-electron chi connectivity index (χ2n) is 6.42. The summed E-state index contributed by atoms with van der Waals surface area (Å²) in [4.78, 5) is 18.3. The van der Waals surface area contributed by atoms with Crippen molar-refractivity contribution in [3.8, 4) is 0 Å². The van der Waals surface area contributed by atoms with Gasteiger partial charge < -0.3 is 20.0 Å². The van der Waals surface area contributed by atoms with Gasteiger partial charge in [-0.15, -0.1) is 10.2 Å². The number of aryl methyl sites for hydroxylation is 1. The molecule has 0 aliphatic carbocycles. The van der Waals surface area contributed by atoms with Crippen LogP contribution in [0.3, 0.4) is 0 Å². The van der Waals surface area contributed by atoms with Gasteiger partial charge in [0.1, 0.15) is 0 Å². The van der Waals surface area contributed by atoms with Gasteiger partial charge in [0, 0.05) is 46.0 Å². The monoisotopic (exact) mass is 340 g/mol. The molecule has 132 valence electrons. The van der Waals surface area contributed by atoms with E-state index in [4.69, 9.17) is 0 Å². The Balaban J connectivity index is 1.55. The van der Waals surface area contributed by atoms with E-state index < -0.39 is 0 Å². The standard InChI is InChI=1S/C18H24N6O/c1-14-5-4-6-15(13-14)19-18(25)24-11-9-23(10-12-24)17-8-7-16(20-21-17)22(2)3/h4-8,13H,9-12H2,1-3H3,(H,19,25). The maximum atomic E-state index is 12.4. The van der Waals surface area contributed by atoms with Crippen LogP contribution < -0.4 is 15.1 Å². The number of nitrogens with one attached hydrogen (secondary N) is 1. The van der Waals surface area contributed by atoms with E-state index in [9.17, 15) is 4.79 Å². The normalized spacial score (nSPS) is 14.4. The Morgan fingerprint density at radius 3 is 2.44 bits per heavy atom. The molecule has 0 radical (unpaired) electrons. The van der Waals surface area contributed by atoms with Crippen molar-refractivity contribution in [1.29, 1.82) is 0 Å². The molecule has 7 heteroatoms. The SMILES string of the molecule is Cc1cccc(NC(=O)N2CCN(c3ccc(N(C)C)nn3)CC2)c1. The minimum absolute atomic E-state index is 0.0562. The van der Waals surface area contributed by atoms with Crippen LogP contribution in [0, 0.1) is 6.92 Å². The zero-order chi connectivity index (χ0) is 17.8. The van der Waals surface area contributed by atoms with Crippen LogP contribution in [0.1, 0.15) is 5.56 Å². The van der Waals surface area contributed by atoms with Gasteiger partial charge in [0.15, 0.2) is 11.6 Å². The predicted octanol–water partition coefficient (Wildman–Crippen LogP) is 2.21. The highest BCUT2D eigenvalue weighted by Crippen LogP contribution is 2.16. The number of hydrogen-bond acceptors (Lipinski definition) is 5. The van der Waals surface area contributed by atoms with Crippen molar-refractivity contribution in [3.05, 3.63) is 42.0 Å². The minimum Gasteiger partial charge on any atom is -0.361 e. The van der Waals surface area contributed by atoms with Gasteiger partial charge in [-0.2, -0.15) is 0 Å². The van der Waals surface area contributed by atoms with Crippen molar-refractivity contribution in [2.75, 3.05) is 55.4 Å². The van der Waals surface area contributed by atoms with Gasteiger partial charge in [-0.05, 0) is 36.8 Å². The lowest BCUT2D eigenvalue weighted by Crippen LogP contribution is -2.50.